The van der Waals surface area contributed by atoms with Gasteiger partial charge in [-0.25, -0.2) is 4.79 Å². The number of rotatable bonds is 3. The predicted molar refractivity (Wildman–Crippen MR) is 113 cm³/mol. The quantitative estimate of drug-likeness (QED) is 0.804. The van der Waals surface area contributed by atoms with E-state index >= 15 is 0 Å². The summed E-state index contributed by atoms with van der Waals surface area (Å²) in [7, 11) is 0. The first kappa shape index (κ1) is 22.6. The van der Waals surface area contributed by atoms with E-state index in [0.29, 0.717) is 38.5 Å². The number of amides is 3. The molecule has 3 amide bonds. The molecule has 1 N–H and O–H groups in total. The molecule has 0 aliphatic carbocycles. The van der Waals surface area contributed by atoms with Crippen molar-refractivity contribution in [1.29, 1.82) is 0 Å². The summed E-state index contributed by atoms with van der Waals surface area (Å²) in [6, 6.07) is 1.55. The van der Waals surface area contributed by atoms with Gasteiger partial charge < -0.3 is 19.1 Å². The molecule has 0 radical (unpaired) electrons. The van der Waals surface area contributed by atoms with Crippen LogP contribution >= 0.6 is 0 Å². The van der Waals surface area contributed by atoms with Gasteiger partial charge in [0, 0.05) is 50.7 Å². The van der Waals surface area contributed by atoms with Crippen molar-refractivity contribution in [2.45, 2.75) is 58.7 Å². The first-order chi connectivity index (χ1) is 14.1. The lowest BCUT2D eigenvalue weighted by Crippen LogP contribution is -2.50. The third kappa shape index (κ3) is 5.95. The Morgan fingerprint density at radius 3 is 2.37 bits per heavy atom. The molecule has 3 heterocycles. The van der Waals surface area contributed by atoms with Gasteiger partial charge in [0.15, 0.2) is 5.82 Å². The number of carbonyl (C=O) groups is 2. The SMILES string of the molecule is CC1CN(CC(=O)N2CCCN(C(=O)Nc3cc(C(C)(C)C)on3)CC2)CC(C)O1. The fourth-order valence-corrected chi connectivity index (χ4v) is 3.95. The van der Waals surface area contributed by atoms with Crippen LogP contribution in [-0.2, 0) is 14.9 Å². The van der Waals surface area contributed by atoms with E-state index in [-0.39, 0.29) is 29.6 Å². The molecule has 2 unspecified atom stereocenters. The van der Waals surface area contributed by atoms with Crippen LogP contribution in [0.15, 0.2) is 10.6 Å². The van der Waals surface area contributed by atoms with Crippen molar-refractivity contribution in [2.24, 2.45) is 0 Å². The molecule has 2 aliphatic heterocycles. The molecule has 1 aromatic rings. The highest BCUT2D eigenvalue weighted by atomic mass is 16.5. The number of aromatic nitrogens is 1. The van der Waals surface area contributed by atoms with Crippen LogP contribution in [0.2, 0.25) is 0 Å². The molecule has 1 aromatic heterocycles. The van der Waals surface area contributed by atoms with E-state index < -0.39 is 0 Å². The molecule has 0 aromatic carbocycles. The number of nitrogens with zero attached hydrogens (tertiary/aromatic N) is 4. The van der Waals surface area contributed by atoms with Crippen molar-refractivity contribution in [1.82, 2.24) is 19.9 Å². The molecular formula is C21H35N5O4. The average molecular weight is 422 g/mol. The molecule has 3 rings (SSSR count). The minimum Gasteiger partial charge on any atom is -0.373 e. The van der Waals surface area contributed by atoms with Crippen molar-refractivity contribution in [3.8, 4) is 0 Å². The molecule has 2 atom stereocenters. The summed E-state index contributed by atoms with van der Waals surface area (Å²) in [5.41, 5.74) is -0.171. The van der Waals surface area contributed by atoms with Gasteiger partial charge in [-0.15, -0.1) is 0 Å². The van der Waals surface area contributed by atoms with Gasteiger partial charge in [-0.05, 0) is 20.3 Å². The van der Waals surface area contributed by atoms with Crippen molar-refractivity contribution in [3.05, 3.63) is 11.8 Å². The highest BCUT2D eigenvalue weighted by Crippen LogP contribution is 2.24. The molecule has 9 heteroatoms. The van der Waals surface area contributed by atoms with E-state index in [9.17, 15) is 9.59 Å². The maximum Gasteiger partial charge on any atom is 0.323 e. The molecule has 0 saturated carbocycles. The monoisotopic (exact) mass is 421 g/mol. The van der Waals surface area contributed by atoms with Crippen molar-refractivity contribution in [3.63, 3.8) is 0 Å². The van der Waals surface area contributed by atoms with Crippen LogP contribution < -0.4 is 5.32 Å². The Hall–Kier alpha value is -2.13. The maximum atomic E-state index is 12.8. The number of hydrogen-bond donors (Lipinski definition) is 1. The van der Waals surface area contributed by atoms with E-state index in [2.05, 4.69) is 15.4 Å². The van der Waals surface area contributed by atoms with Gasteiger partial charge in [0.05, 0.1) is 18.8 Å². The van der Waals surface area contributed by atoms with Gasteiger partial charge in [-0.1, -0.05) is 25.9 Å². The minimum absolute atomic E-state index is 0.116. The molecule has 168 valence electrons. The van der Waals surface area contributed by atoms with E-state index in [0.717, 1.165) is 25.3 Å². The Labute approximate surface area is 178 Å². The highest BCUT2D eigenvalue weighted by molar-refractivity contribution is 5.88. The molecule has 0 spiro atoms. The fraction of sp³-hybridized carbons (Fsp3) is 0.762. The van der Waals surface area contributed by atoms with E-state index in [1.807, 2.05) is 39.5 Å². The molecule has 2 saturated heterocycles. The fourth-order valence-electron chi connectivity index (χ4n) is 3.95. The third-order valence-corrected chi connectivity index (χ3v) is 5.47. The van der Waals surface area contributed by atoms with E-state index in [1.165, 1.54) is 0 Å². The molecule has 0 bridgehead atoms. The summed E-state index contributed by atoms with van der Waals surface area (Å²) in [5.74, 6) is 1.25. The van der Waals surface area contributed by atoms with Crippen LogP contribution in [-0.4, -0.2) is 89.8 Å². The first-order valence-corrected chi connectivity index (χ1v) is 10.8. The zero-order chi connectivity index (χ0) is 21.9. The average Bonchev–Trinajstić information content (AvgIpc) is 2.96. The van der Waals surface area contributed by atoms with Crippen LogP contribution in [0.3, 0.4) is 0 Å². The van der Waals surface area contributed by atoms with Crippen LogP contribution in [0.1, 0.15) is 46.8 Å². The standard InChI is InChI=1S/C21H35N5O4/c1-15-12-24(13-16(2)29-15)14-19(27)25-7-6-8-26(10-9-25)20(28)22-18-11-17(30-23-18)21(3,4)5/h11,15-16H,6-10,12-14H2,1-5H3,(H,22,23,28). The van der Waals surface area contributed by atoms with E-state index in [1.54, 1.807) is 11.0 Å². The van der Waals surface area contributed by atoms with E-state index in [4.69, 9.17) is 9.26 Å². The van der Waals surface area contributed by atoms with Crippen LogP contribution in [0, 0.1) is 0 Å². The summed E-state index contributed by atoms with van der Waals surface area (Å²) >= 11 is 0. The van der Waals surface area contributed by atoms with Gasteiger partial charge in [0.25, 0.3) is 0 Å². The Morgan fingerprint density at radius 2 is 1.73 bits per heavy atom. The lowest BCUT2D eigenvalue weighted by atomic mass is 9.93. The first-order valence-electron chi connectivity index (χ1n) is 10.8. The van der Waals surface area contributed by atoms with Gasteiger partial charge in [-0.2, -0.15) is 0 Å². The second-order valence-corrected chi connectivity index (χ2v) is 9.43. The van der Waals surface area contributed by atoms with Crippen LogP contribution in [0.5, 0.6) is 0 Å². The summed E-state index contributed by atoms with van der Waals surface area (Å²) in [5, 5.41) is 6.76. The molecular weight excluding hydrogens is 386 g/mol. The normalized spacial score (nSPS) is 23.9. The molecule has 30 heavy (non-hydrogen) atoms. The zero-order valence-corrected chi connectivity index (χ0v) is 18.8. The van der Waals surface area contributed by atoms with Crippen LogP contribution in [0.4, 0.5) is 10.6 Å². The Bertz CT molecular complexity index is 734. The van der Waals surface area contributed by atoms with Gasteiger partial charge in [0.2, 0.25) is 5.91 Å². The van der Waals surface area contributed by atoms with Gasteiger partial charge in [-0.3, -0.25) is 15.0 Å². The number of carbonyl (C=O) groups excluding carboxylic acids is 2. The number of ether oxygens (including phenoxy) is 1. The summed E-state index contributed by atoms with van der Waals surface area (Å²) < 4.78 is 11.1. The number of urea groups is 1. The largest absolute Gasteiger partial charge is 0.373 e. The number of anilines is 1. The lowest BCUT2D eigenvalue weighted by Gasteiger charge is -2.35. The topological polar surface area (TPSA) is 91.2 Å². The summed E-state index contributed by atoms with van der Waals surface area (Å²) in [6.07, 6.45) is 1.03. The number of hydrogen-bond acceptors (Lipinski definition) is 6. The zero-order valence-electron chi connectivity index (χ0n) is 18.8. The second-order valence-electron chi connectivity index (χ2n) is 9.43. The van der Waals surface area contributed by atoms with Gasteiger partial charge >= 0.3 is 6.03 Å². The van der Waals surface area contributed by atoms with Crippen molar-refractivity contribution < 1.29 is 18.8 Å². The van der Waals surface area contributed by atoms with Crippen molar-refractivity contribution >= 4 is 17.8 Å². The Morgan fingerprint density at radius 1 is 1.10 bits per heavy atom. The summed E-state index contributed by atoms with van der Waals surface area (Å²) in [4.78, 5) is 31.2. The molecule has 9 nitrogen and oxygen atoms in total. The predicted octanol–water partition coefficient (Wildman–Crippen LogP) is 2.15. The molecule has 2 aliphatic rings. The second kappa shape index (κ2) is 9.34. The molecule has 2 fully saturated rings. The smallest absolute Gasteiger partial charge is 0.323 e. The maximum absolute atomic E-state index is 12.8. The van der Waals surface area contributed by atoms with Crippen LogP contribution in [0.25, 0.3) is 0 Å². The minimum atomic E-state index is -0.214. The lowest BCUT2D eigenvalue weighted by molar-refractivity contribution is -0.135. The third-order valence-electron chi connectivity index (χ3n) is 5.47. The van der Waals surface area contributed by atoms with Crippen molar-refractivity contribution in [2.75, 3.05) is 51.1 Å². The summed E-state index contributed by atoms with van der Waals surface area (Å²) in [6.45, 7) is 14.4. The Kier molecular flexibility index (Phi) is 7.02. The van der Waals surface area contributed by atoms with Gasteiger partial charge in [0.1, 0.15) is 5.76 Å². The highest BCUT2D eigenvalue weighted by Gasteiger charge is 2.28. The number of morpholine rings is 1. The number of nitrogens with one attached hydrogen (secondary N) is 1. The Balaban J connectivity index is 1.49.